The summed E-state index contributed by atoms with van der Waals surface area (Å²) >= 11 is 0. The van der Waals surface area contributed by atoms with Crippen LogP contribution in [0.5, 0.6) is 17.2 Å². The number of hydrogen-bond donors (Lipinski definition) is 3. The minimum absolute atomic E-state index is 0.0656. The first-order valence-corrected chi connectivity index (χ1v) is 8.82. The van der Waals surface area contributed by atoms with Crippen LogP contribution < -0.4 is 20.1 Å². The van der Waals surface area contributed by atoms with Crippen molar-refractivity contribution in [2.75, 3.05) is 24.9 Å². The monoisotopic (exact) mass is 389 g/mol. The van der Waals surface area contributed by atoms with E-state index in [9.17, 15) is 5.11 Å². The number of aromatic hydroxyl groups is 1. The van der Waals surface area contributed by atoms with Crippen molar-refractivity contribution >= 4 is 34.0 Å². The first-order valence-electron chi connectivity index (χ1n) is 8.82. The number of nitrogens with zero attached hydrogens (tertiary/aromatic N) is 3. The first-order chi connectivity index (χ1) is 14.1. The molecular weight excluding hydrogens is 370 g/mol. The van der Waals surface area contributed by atoms with Crippen molar-refractivity contribution in [3.63, 3.8) is 0 Å². The lowest BCUT2D eigenvalue weighted by molar-refractivity contribution is 0.374. The van der Waals surface area contributed by atoms with E-state index in [1.54, 1.807) is 43.8 Å². The molecule has 0 aliphatic rings. The van der Waals surface area contributed by atoms with Crippen molar-refractivity contribution in [3.8, 4) is 17.2 Å². The molecule has 0 atom stereocenters. The molecule has 0 amide bonds. The molecule has 4 aromatic rings. The minimum atomic E-state index is 0.0656. The van der Waals surface area contributed by atoms with Gasteiger partial charge >= 0.3 is 0 Å². The molecule has 0 aliphatic heterocycles. The number of phenols is 1. The van der Waals surface area contributed by atoms with E-state index in [1.165, 1.54) is 7.11 Å². The maximum absolute atomic E-state index is 9.71. The Labute approximate surface area is 167 Å². The van der Waals surface area contributed by atoms with E-state index < -0.39 is 0 Å². The fourth-order valence-corrected chi connectivity index (χ4v) is 2.82. The first kappa shape index (κ1) is 18.3. The predicted octanol–water partition coefficient (Wildman–Crippen LogP) is 4.23. The summed E-state index contributed by atoms with van der Waals surface area (Å²) in [6, 6.07) is 14.4. The summed E-state index contributed by atoms with van der Waals surface area (Å²) in [6.07, 6.45) is 3.39. The molecule has 0 saturated carbocycles. The summed E-state index contributed by atoms with van der Waals surface area (Å²) in [6.45, 7) is 0. The van der Waals surface area contributed by atoms with Gasteiger partial charge in [0.25, 0.3) is 0 Å². The Kier molecular flexibility index (Phi) is 4.98. The van der Waals surface area contributed by atoms with E-state index in [0.29, 0.717) is 23.2 Å². The second kappa shape index (κ2) is 7.89. The molecule has 0 spiro atoms. The Morgan fingerprint density at radius 2 is 1.76 bits per heavy atom. The lowest BCUT2D eigenvalue weighted by atomic mass is 10.2. The molecule has 8 nitrogen and oxygen atoms in total. The number of fused-ring (bicyclic) bond motifs is 1. The van der Waals surface area contributed by atoms with Gasteiger partial charge in [0, 0.05) is 29.4 Å². The standard InChI is InChI=1S/C21H19N5O3/c1-28-16-5-3-13-9-15(12-23-17(13)11-16)24-20-7-8-22-21(26-20)25-14-4-6-18(27)19(10-14)29-2/h3-12,27H,1-2H3,(H2,22,24,25,26). The third kappa shape index (κ3) is 4.11. The highest BCUT2D eigenvalue weighted by molar-refractivity contribution is 5.83. The Hall–Kier alpha value is -4.07. The SMILES string of the molecule is COc1ccc2cc(Nc3ccnc(Nc4ccc(O)c(OC)c4)n3)cnc2c1. The van der Waals surface area contributed by atoms with Crippen LogP contribution in [0.25, 0.3) is 10.9 Å². The van der Waals surface area contributed by atoms with Crippen molar-refractivity contribution in [1.82, 2.24) is 15.0 Å². The molecule has 3 N–H and O–H groups in total. The van der Waals surface area contributed by atoms with Gasteiger partial charge < -0.3 is 25.2 Å². The van der Waals surface area contributed by atoms with Gasteiger partial charge in [0.2, 0.25) is 5.95 Å². The van der Waals surface area contributed by atoms with Gasteiger partial charge in [-0.15, -0.1) is 0 Å². The summed E-state index contributed by atoms with van der Waals surface area (Å²) in [4.78, 5) is 13.2. The average molecular weight is 389 g/mol. The molecule has 0 aliphatic carbocycles. The van der Waals surface area contributed by atoms with Crippen LogP contribution in [0.2, 0.25) is 0 Å². The predicted molar refractivity (Wildman–Crippen MR) is 112 cm³/mol. The summed E-state index contributed by atoms with van der Waals surface area (Å²) in [5, 5.41) is 17.0. The Bertz CT molecular complexity index is 1170. The van der Waals surface area contributed by atoms with Crippen LogP contribution in [0, 0.1) is 0 Å². The minimum Gasteiger partial charge on any atom is -0.504 e. The van der Waals surface area contributed by atoms with Crippen LogP contribution in [-0.2, 0) is 0 Å². The van der Waals surface area contributed by atoms with Gasteiger partial charge in [-0.2, -0.15) is 4.98 Å². The molecule has 2 aromatic heterocycles. The number of aromatic nitrogens is 3. The molecule has 146 valence electrons. The third-order valence-corrected chi connectivity index (χ3v) is 4.26. The van der Waals surface area contributed by atoms with Gasteiger partial charge in [-0.25, -0.2) is 4.98 Å². The van der Waals surface area contributed by atoms with E-state index in [2.05, 4.69) is 25.6 Å². The second-order valence-electron chi connectivity index (χ2n) is 6.18. The van der Waals surface area contributed by atoms with Crippen molar-refractivity contribution < 1.29 is 14.6 Å². The van der Waals surface area contributed by atoms with Gasteiger partial charge in [0.1, 0.15) is 11.6 Å². The molecule has 2 aromatic carbocycles. The number of pyridine rings is 1. The lowest BCUT2D eigenvalue weighted by Crippen LogP contribution is -2.01. The summed E-state index contributed by atoms with van der Waals surface area (Å²) < 4.78 is 10.3. The molecular formula is C21H19N5O3. The Morgan fingerprint density at radius 3 is 2.59 bits per heavy atom. The zero-order chi connectivity index (χ0) is 20.2. The van der Waals surface area contributed by atoms with Gasteiger partial charge in [-0.3, -0.25) is 4.98 Å². The summed E-state index contributed by atoms with van der Waals surface area (Å²) in [5.41, 5.74) is 2.35. The van der Waals surface area contributed by atoms with Crippen LogP contribution >= 0.6 is 0 Å². The van der Waals surface area contributed by atoms with Crippen molar-refractivity contribution in [2.24, 2.45) is 0 Å². The van der Waals surface area contributed by atoms with Gasteiger partial charge in [0.05, 0.1) is 31.6 Å². The molecule has 0 fully saturated rings. The normalized spacial score (nSPS) is 10.6. The summed E-state index contributed by atoms with van der Waals surface area (Å²) in [7, 11) is 3.12. The van der Waals surface area contributed by atoms with Crippen LogP contribution in [-0.4, -0.2) is 34.3 Å². The van der Waals surface area contributed by atoms with Crippen LogP contribution in [0.3, 0.4) is 0 Å². The fourth-order valence-electron chi connectivity index (χ4n) is 2.82. The van der Waals surface area contributed by atoms with E-state index in [0.717, 1.165) is 22.3 Å². The number of methoxy groups -OCH3 is 2. The highest BCUT2D eigenvalue weighted by atomic mass is 16.5. The quantitative estimate of drug-likeness (QED) is 0.421. The highest BCUT2D eigenvalue weighted by Crippen LogP contribution is 2.30. The zero-order valence-electron chi connectivity index (χ0n) is 15.9. The van der Waals surface area contributed by atoms with E-state index in [4.69, 9.17) is 9.47 Å². The fraction of sp³-hybridized carbons (Fsp3) is 0.0952. The number of benzene rings is 2. The molecule has 0 radical (unpaired) electrons. The third-order valence-electron chi connectivity index (χ3n) is 4.26. The van der Waals surface area contributed by atoms with Gasteiger partial charge in [-0.05, 0) is 36.4 Å². The maximum atomic E-state index is 9.71. The maximum Gasteiger partial charge on any atom is 0.229 e. The molecule has 8 heteroatoms. The highest BCUT2D eigenvalue weighted by Gasteiger charge is 2.06. The van der Waals surface area contributed by atoms with Crippen molar-refractivity contribution in [3.05, 3.63) is 60.9 Å². The number of phenolic OH excluding ortho intramolecular Hbond substituents is 1. The Morgan fingerprint density at radius 1 is 0.862 bits per heavy atom. The average Bonchev–Trinajstić information content (AvgIpc) is 2.75. The van der Waals surface area contributed by atoms with Crippen LogP contribution in [0.4, 0.5) is 23.1 Å². The molecule has 0 unspecified atom stereocenters. The molecule has 0 bridgehead atoms. The topological polar surface area (TPSA) is 101 Å². The van der Waals surface area contributed by atoms with Crippen molar-refractivity contribution in [2.45, 2.75) is 0 Å². The van der Waals surface area contributed by atoms with Gasteiger partial charge in [0.15, 0.2) is 11.5 Å². The molecule has 4 rings (SSSR count). The number of anilines is 4. The second-order valence-corrected chi connectivity index (χ2v) is 6.18. The van der Waals surface area contributed by atoms with Crippen LogP contribution in [0.15, 0.2) is 60.9 Å². The number of hydrogen-bond acceptors (Lipinski definition) is 8. The van der Waals surface area contributed by atoms with Crippen LogP contribution in [0.1, 0.15) is 0 Å². The van der Waals surface area contributed by atoms with Crippen molar-refractivity contribution in [1.29, 1.82) is 0 Å². The Balaban J connectivity index is 1.53. The zero-order valence-corrected chi connectivity index (χ0v) is 15.9. The van der Waals surface area contributed by atoms with E-state index >= 15 is 0 Å². The summed E-state index contributed by atoms with van der Waals surface area (Å²) in [5.74, 6) is 2.21. The molecule has 2 heterocycles. The smallest absolute Gasteiger partial charge is 0.229 e. The lowest BCUT2D eigenvalue weighted by Gasteiger charge is -2.10. The van der Waals surface area contributed by atoms with E-state index in [1.807, 2.05) is 24.3 Å². The number of nitrogens with one attached hydrogen (secondary N) is 2. The largest absolute Gasteiger partial charge is 0.504 e. The number of rotatable bonds is 6. The number of ether oxygens (including phenoxy) is 2. The molecule has 29 heavy (non-hydrogen) atoms. The van der Waals surface area contributed by atoms with Gasteiger partial charge in [-0.1, -0.05) is 0 Å². The van der Waals surface area contributed by atoms with E-state index in [-0.39, 0.29) is 5.75 Å². The molecule has 0 saturated heterocycles.